The molecule has 0 bridgehead atoms. The van der Waals surface area contributed by atoms with Crippen molar-refractivity contribution in [2.75, 3.05) is 64.0 Å². The van der Waals surface area contributed by atoms with Gasteiger partial charge < -0.3 is 34.6 Å². The minimum absolute atomic E-state index is 0.0111. The van der Waals surface area contributed by atoms with Gasteiger partial charge in [0.2, 0.25) is 10.0 Å². The normalized spacial score (nSPS) is 33.1. The number of nitrogens with one attached hydrogen (secondary N) is 1. The molecule has 4 atom stereocenters. The Bertz CT molecular complexity index is 928. The maximum Gasteiger partial charge on any atom is 0.244 e. The minimum Gasteiger partial charge on any atom is -0.491 e. The summed E-state index contributed by atoms with van der Waals surface area (Å²) >= 11 is 0. The van der Waals surface area contributed by atoms with Crippen molar-refractivity contribution in [2.45, 2.75) is 49.4 Å². The van der Waals surface area contributed by atoms with Crippen LogP contribution in [0.4, 0.5) is 5.69 Å². The zero-order chi connectivity index (χ0) is 24.3. The molecule has 0 amide bonds. The number of fused-ring (bicyclic) bond motifs is 1. The van der Waals surface area contributed by atoms with Gasteiger partial charge in [-0.2, -0.15) is 0 Å². The highest BCUT2D eigenvalue weighted by Gasteiger charge is 2.46. The van der Waals surface area contributed by atoms with E-state index in [4.69, 9.17) is 9.47 Å². The third kappa shape index (κ3) is 5.84. The summed E-state index contributed by atoms with van der Waals surface area (Å²) in [4.78, 5) is 4.20. The number of aliphatic hydroxyl groups is 3. The number of benzene rings is 1. The lowest BCUT2D eigenvalue weighted by molar-refractivity contribution is 0.0438. The fourth-order valence-corrected chi connectivity index (χ4v) is 6.48. The zero-order valence-corrected chi connectivity index (χ0v) is 20.5. The number of hydrogen-bond donors (Lipinski definition) is 4. The molecule has 34 heavy (non-hydrogen) atoms. The Morgan fingerprint density at radius 2 is 1.85 bits per heavy atom. The molecule has 1 spiro atoms. The predicted molar refractivity (Wildman–Crippen MR) is 127 cm³/mol. The molecule has 1 saturated carbocycles. The van der Waals surface area contributed by atoms with Crippen molar-refractivity contribution < 1.29 is 33.2 Å². The molecule has 4 rings (SSSR count). The van der Waals surface area contributed by atoms with E-state index in [1.165, 1.54) is 6.07 Å². The van der Waals surface area contributed by atoms with Crippen LogP contribution < -0.4 is 14.4 Å². The average molecular weight is 500 g/mol. The quantitative estimate of drug-likeness (QED) is 0.445. The predicted octanol–water partition coefficient (Wildman–Crippen LogP) is -0.231. The van der Waals surface area contributed by atoms with E-state index >= 15 is 0 Å². The Morgan fingerprint density at radius 1 is 1.15 bits per heavy atom. The lowest BCUT2D eigenvalue weighted by Gasteiger charge is -2.37. The Kier molecular flexibility index (Phi) is 8.02. The summed E-state index contributed by atoms with van der Waals surface area (Å²) in [5.41, 5.74) is 0.272. The van der Waals surface area contributed by atoms with Crippen LogP contribution in [0, 0.1) is 5.41 Å². The van der Waals surface area contributed by atoms with Crippen molar-refractivity contribution >= 4 is 15.7 Å². The van der Waals surface area contributed by atoms with E-state index in [0.29, 0.717) is 52.2 Å². The van der Waals surface area contributed by atoms with Crippen LogP contribution in [0.15, 0.2) is 23.1 Å². The molecule has 2 heterocycles. The topological polar surface area (TPSA) is 132 Å². The SMILES string of the molecule is CCCN1C[C@@H](O)CNS(=O)(=O)c2ccc(N3CCOCC3)cc2OCC2(C[C@@H](O)[C@@H](O)C2)C1. The van der Waals surface area contributed by atoms with Crippen LogP contribution in [-0.2, 0) is 14.8 Å². The van der Waals surface area contributed by atoms with Crippen LogP contribution in [0.3, 0.4) is 0 Å². The largest absolute Gasteiger partial charge is 0.491 e. The van der Waals surface area contributed by atoms with Gasteiger partial charge in [-0.05, 0) is 37.9 Å². The number of β-amino-alcohol motifs (C(OH)–C–C–N with tert-alkyl or cyclic N) is 1. The third-order valence-corrected chi connectivity index (χ3v) is 8.40. The Labute approximate surface area is 201 Å². The fraction of sp³-hybridized carbons (Fsp3) is 0.739. The van der Waals surface area contributed by atoms with Crippen LogP contribution in [0.5, 0.6) is 5.75 Å². The number of sulfonamides is 1. The summed E-state index contributed by atoms with van der Waals surface area (Å²) in [6.07, 6.45) is -1.09. The first-order chi connectivity index (χ1) is 16.2. The van der Waals surface area contributed by atoms with Gasteiger partial charge in [-0.25, -0.2) is 13.1 Å². The molecule has 2 aliphatic heterocycles. The monoisotopic (exact) mass is 499 g/mol. The second-order valence-electron chi connectivity index (χ2n) is 9.80. The Morgan fingerprint density at radius 3 is 2.53 bits per heavy atom. The van der Waals surface area contributed by atoms with E-state index in [0.717, 1.165) is 12.1 Å². The highest BCUT2D eigenvalue weighted by molar-refractivity contribution is 7.89. The molecule has 192 valence electrons. The van der Waals surface area contributed by atoms with Crippen LogP contribution in [0.1, 0.15) is 26.2 Å². The summed E-state index contributed by atoms with van der Waals surface area (Å²) < 4.78 is 40.5. The molecule has 1 aliphatic carbocycles. The molecule has 1 saturated heterocycles. The maximum atomic E-state index is 13.1. The molecule has 4 N–H and O–H groups in total. The molecule has 10 nitrogen and oxygen atoms in total. The summed E-state index contributed by atoms with van der Waals surface area (Å²) in [6.45, 7) is 6.17. The lowest BCUT2D eigenvalue weighted by Crippen LogP contribution is -2.47. The van der Waals surface area contributed by atoms with E-state index < -0.39 is 33.8 Å². The van der Waals surface area contributed by atoms with Crippen molar-refractivity contribution in [3.63, 3.8) is 0 Å². The van der Waals surface area contributed by atoms with Gasteiger partial charge in [0.1, 0.15) is 10.6 Å². The standard InChI is InChI=1S/C23H37N3O7S/c1-2-5-25-14-18(27)13-24-34(30,31)22-4-3-17(26-6-8-32-9-7-26)10-21(22)33-16-23(15-25)11-19(28)20(29)12-23/h3-4,10,18-20,24,27-29H,2,5-9,11-16H2,1H3/t18-,19-,20+,23?/m0/s1. The van der Waals surface area contributed by atoms with Gasteiger partial charge in [-0.1, -0.05) is 6.92 Å². The maximum absolute atomic E-state index is 13.1. The van der Waals surface area contributed by atoms with Crippen molar-refractivity contribution in [1.29, 1.82) is 0 Å². The van der Waals surface area contributed by atoms with Gasteiger partial charge in [0.05, 0.1) is 38.1 Å². The number of anilines is 1. The summed E-state index contributed by atoms with van der Waals surface area (Å²) in [7, 11) is -3.93. The summed E-state index contributed by atoms with van der Waals surface area (Å²) in [5.74, 6) is 0.226. The van der Waals surface area contributed by atoms with E-state index in [-0.39, 0.29) is 30.3 Å². The molecular weight excluding hydrogens is 462 g/mol. The molecule has 11 heteroatoms. The number of morpholine rings is 1. The van der Waals surface area contributed by atoms with E-state index in [1.54, 1.807) is 12.1 Å². The average Bonchev–Trinajstić information content (AvgIpc) is 3.09. The third-order valence-electron chi connectivity index (χ3n) is 6.93. The smallest absolute Gasteiger partial charge is 0.244 e. The fourth-order valence-electron chi connectivity index (χ4n) is 5.29. The number of ether oxygens (including phenoxy) is 2. The number of aliphatic hydroxyl groups excluding tert-OH is 3. The van der Waals surface area contributed by atoms with Crippen molar-refractivity contribution in [3.8, 4) is 5.75 Å². The zero-order valence-electron chi connectivity index (χ0n) is 19.7. The highest BCUT2D eigenvalue weighted by Crippen LogP contribution is 2.41. The van der Waals surface area contributed by atoms with Crippen molar-refractivity contribution in [2.24, 2.45) is 5.41 Å². The van der Waals surface area contributed by atoms with Gasteiger partial charge in [0, 0.05) is 49.9 Å². The van der Waals surface area contributed by atoms with Gasteiger partial charge in [-0.15, -0.1) is 0 Å². The second-order valence-corrected chi connectivity index (χ2v) is 11.5. The number of rotatable bonds is 3. The van der Waals surface area contributed by atoms with Crippen LogP contribution in [0.2, 0.25) is 0 Å². The van der Waals surface area contributed by atoms with Crippen molar-refractivity contribution in [1.82, 2.24) is 9.62 Å². The van der Waals surface area contributed by atoms with E-state index in [2.05, 4.69) is 14.5 Å². The molecular formula is C23H37N3O7S. The highest BCUT2D eigenvalue weighted by atomic mass is 32.2. The number of hydrogen-bond acceptors (Lipinski definition) is 9. The van der Waals surface area contributed by atoms with E-state index in [1.807, 2.05) is 6.92 Å². The molecule has 0 radical (unpaired) electrons. The molecule has 1 aromatic rings. The van der Waals surface area contributed by atoms with Gasteiger partial charge >= 0.3 is 0 Å². The van der Waals surface area contributed by atoms with Crippen LogP contribution in [-0.4, -0.2) is 106 Å². The lowest BCUT2D eigenvalue weighted by atomic mass is 9.85. The van der Waals surface area contributed by atoms with E-state index in [9.17, 15) is 23.7 Å². The Balaban J connectivity index is 1.70. The van der Waals surface area contributed by atoms with Crippen LogP contribution >= 0.6 is 0 Å². The first-order valence-electron chi connectivity index (χ1n) is 12.1. The summed E-state index contributed by atoms with van der Waals surface area (Å²) in [5, 5.41) is 31.3. The van der Waals surface area contributed by atoms with Gasteiger partial charge in [0.25, 0.3) is 0 Å². The molecule has 1 aromatic carbocycles. The van der Waals surface area contributed by atoms with Gasteiger partial charge in [0.15, 0.2) is 0 Å². The molecule has 1 unspecified atom stereocenters. The minimum atomic E-state index is -3.93. The van der Waals surface area contributed by atoms with Crippen LogP contribution in [0.25, 0.3) is 0 Å². The number of nitrogens with zero attached hydrogens (tertiary/aromatic N) is 2. The molecule has 2 fully saturated rings. The Hall–Kier alpha value is -1.47. The molecule has 0 aromatic heterocycles. The van der Waals surface area contributed by atoms with Crippen molar-refractivity contribution in [3.05, 3.63) is 18.2 Å². The first-order valence-corrected chi connectivity index (χ1v) is 13.6. The second kappa shape index (κ2) is 10.7. The summed E-state index contributed by atoms with van der Waals surface area (Å²) in [6, 6.07) is 5.03. The first kappa shape index (κ1) is 25.6. The van der Waals surface area contributed by atoms with Gasteiger partial charge in [-0.3, -0.25) is 0 Å². The molecule has 3 aliphatic rings.